The van der Waals surface area contributed by atoms with Gasteiger partial charge in [-0.25, -0.2) is 4.39 Å². The Kier molecular flexibility index (Phi) is 3.97. The number of rotatable bonds is 4. The summed E-state index contributed by atoms with van der Waals surface area (Å²) in [6.07, 6.45) is 0. The second-order valence-electron chi connectivity index (χ2n) is 5.30. The van der Waals surface area contributed by atoms with Crippen LogP contribution in [-0.2, 0) is 15.9 Å². The lowest BCUT2D eigenvalue weighted by Gasteiger charge is -2.21. The van der Waals surface area contributed by atoms with E-state index in [1.807, 2.05) is 13.0 Å². The van der Waals surface area contributed by atoms with E-state index in [9.17, 15) is 4.39 Å². The topological polar surface area (TPSA) is 74.2 Å². The molecule has 2 heterocycles. The van der Waals surface area contributed by atoms with Gasteiger partial charge in [0.1, 0.15) is 5.82 Å². The van der Waals surface area contributed by atoms with E-state index in [1.54, 1.807) is 6.07 Å². The summed E-state index contributed by atoms with van der Waals surface area (Å²) in [5.41, 5.74) is 5.60. The summed E-state index contributed by atoms with van der Waals surface area (Å²) >= 11 is 1.46. The molecule has 2 aromatic rings. The molecule has 1 aliphatic heterocycles. The average molecular weight is 309 g/mol. The SMILES string of the molecule is CC1(c2nc(CSc3cccc(F)c3)no2)COCC1N. The van der Waals surface area contributed by atoms with Crippen LogP contribution in [0.25, 0.3) is 0 Å². The molecular weight excluding hydrogens is 293 g/mol. The maximum atomic E-state index is 13.1. The Morgan fingerprint density at radius 1 is 1.52 bits per heavy atom. The van der Waals surface area contributed by atoms with E-state index < -0.39 is 5.41 Å². The number of ether oxygens (including phenoxy) is 1. The molecule has 0 amide bonds. The Bertz CT molecular complexity index is 636. The van der Waals surface area contributed by atoms with Gasteiger partial charge in [0.25, 0.3) is 0 Å². The van der Waals surface area contributed by atoms with Gasteiger partial charge >= 0.3 is 0 Å². The third-order valence-corrected chi connectivity index (χ3v) is 4.63. The normalized spacial score (nSPS) is 25.4. The van der Waals surface area contributed by atoms with Gasteiger partial charge in [0.15, 0.2) is 5.82 Å². The molecule has 2 N–H and O–H groups in total. The molecule has 0 saturated carbocycles. The molecular formula is C14H16FN3O2S. The maximum absolute atomic E-state index is 13.1. The fourth-order valence-electron chi connectivity index (χ4n) is 2.16. The van der Waals surface area contributed by atoms with Gasteiger partial charge in [-0.05, 0) is 25.1 Å². The van der Waals surface area contributed by atoms with Crippen molar-refractivity contribution in [3.05, 3.63) is 41.8 Å². The van der Waals surface area contributed by atoms with Gasteiger partial charge < -0.3 is 15.0 Å². The van der Waals surface area contributed by atoms with Crippen molar-refractivity contribution < 1.29 is 13.7 Å². The molecule has 0 aliphatic carbocycles. The van der Waals surface area contributed by atoms with Crippen LogP contribution in [0.5, 0.6) is 0 Å². The minimum absolute atomic E-state index is 0.151. The van der Waals surface area contributed by atoms with E-state index in [0.29, 0.717) is 30.7 Å². The van der Waals surface area contributed by atoms with Crippen LogP contribution in [-0.4, -0.2) is 29.4 Å². The number of halogens is 1. The summed E-state index contributed by atoms with van der Waals surface area (Å²) < 4.78 is 23.8. The van der Waals surface area contributed by atoms with Gasteiger partial charge in [-0.15, -0.1) is 11.8 Å². The number of hydrogen-bond donors (Lipinski definition) is 1. The monoisotopic (exact) mass is 309 g/mol. The molecule has 1 fully saturated rings. The zero-order valence-corrected chi connectivity index (χ0v) is 12.4. The molecule has 1 aliphatic rings. The summed E-state index contributed by atoms with van der Waals surface area (Å²) in [7, 11) is 0. The largest absolute Gasteiger partial charge is 0.379 e. The van der Waals surface area contributed by atoms with Crippen LogP contribution < -0.4 is 5.73 Å². The Hall–Kier alpha value is -1.44. The van der Waals surface area contributed by atoms with Crippen molar-refractivity contribution in [2.45, 2.75) is 29.0 Å². The summed E-state index contributed by atoms with van der Waals surface area (Å²) in [5, 5.41) is 3.97. The lowest BCUT2D eigenvalue weighted by Crippen LogP contribution is -2.42. The van der Waals surface area contributed by atoms with Crippen molar-refractivity contribution in [1.29, 1.82) is 0 Å². The van der Waals surface area contributed by atoms with Crippen molar-refractivity contribution in [1.82, 2.24) is 10.1 Å². The molecule has 1 saturated heterocycles. The first-order valence-corrected chi connectivity index (χ1v) is 7.61. The molecule has 1 aromatic carbocycles. The van der Waals surface area contributed by atoms with Crippen molar-refractivity contribution >= 4 is 11.8 Å². The zero-order valence-electron chi connectivity index (χ0n) is 11.6. The fourth-order valence-corrected chi connectivity index (χ4v) is 2.94. The third kappa shape index (κ3) is 2.95. The van der Waals surface area contributed by atoms with Crippen molar-refractivity contribution in [2.75, 3.05) is 13.2 Å². The van der Waals surface area contributed by atoms with Crippen LogP contribution in [0, 0.1) is 5.82 Å². The molecule has 7 heteroatoms. The van der Waals surface area contributed by atoms with Crippen molar-refractivity contribution in [2.24, 2.45) is 5.73 Å². The lowest BCUT2D eigenvalue weighted by atomic mass is 9.86. The van der Waals surface area contributed by atoms with E-state index in [0.717, 1.165) is 4.90 Å². The Labute approximate surface area is 126 Å². The number of nitrogens with zero attached hydrogens (tertiary/aromatic N) is 2. The second-order valence-corrected chi connectivity index (χ2v) is 6.35. The van der Waals surface area contributed by atoms with E-state index in [-0.39, 0.29) is 11.9 Å². The molecule has 1 aromatic heterocycles. The molecule has 5 nitrogen and oxygen atoms in total. The maximum Gasteiger partial charge on any atom is 0.236 e. The van der Waals surface area contributed by atoms with Crippen LogP contribution >= 0.6 is 11.8 Å². The van der Waals surface area contributed by atoms with Crippen LogP contribution in [0.3, 0.4) is 0 Å². The standard InChI is InChI=1S/C14H16FN3O2S/c1-14(8-19-6-11(14)16)13-17-12(18-20-13)7-21-10-4-2-3-9(15)5-10/h2-5,11H,6-8,16H2,1H3. The van der Waals surface area contributed by atoms with Crippen LogP contribution in [0.4, 0.5) is 4.39 Å². The van der Waals surface area contributed by atoms with Gasteiger partial charge in [-0.1, -0.05) is 11.2 Å². The quantitative estimate of drug-likeness (QED) is 0.872. The Morgan fingerprint density at radius 2 is 2.38 bits per heavy atom. The van der Waals surface area contributed by atoms with Crippen molar-refractivity contribution in [3.63, 3.8) is 0 Å². The number of aromatic nitrogens is 2. The third-order valence-electron chi connectivity index (χ3n) is 3.64. The van der Waals surface area contributed by atoms with E-state index >= 15 is 0 Å². The molecule has 0 bridgehead atoms. The molecule has 3 rings (SSSR count). The summed E-state index contributed by atoms with van der Waals surface area (Å²) in [6.45, 7) is 2.93. The molecule has 112 valence electrons. The second kappa shape index (κ2) is 5.75. The van der Waals surface area contributed by atoms with Gasteiger partial charge in [-0.3, -0.25) is 0 Å². The van der Waals surface area contributed by atoms with Gasteiger partial charge in [0.2, 0.25) is 5.89 Å². The molecule has 0 radical (unpaired) electrons. The number of benzene rings is 1. The highest BCUT2D eigenvalue weighted by Gasteiger charge is 2.44. The molecule has 21 heavy (non-hydrogen) atoms. The fraction of sp³-hybridized carbons (Fsp3) is 0.429. The van der Waals surface area contributed by atoms with Gasteiger partial charge in [0, 0.05) is 10.9 Å². The number of hydrogen-bond acceptors (Lipinski definition) is 6. The average Bonchev–Trinajstić information content (AvgIpc) is 3.06. The first-order valence-electron chi connectivity index (χ1n) is 6.63. The predicted octanol–water partition coefficient (Wildman–Crippen LogP) is 2.12. The summed E-state index contributed by atoms with van der Waals surface area (Å²) in [6, 6.07) is 6.26. The molecule has 0 spiro atoms. The Balaban J connectivity index is 1.68. The summed E-state index contributed by atoms with van der Waals surface area (Å²) in [4.78, 5) is 5.23. The molecule has 2 unspecified atom stereocenters. The van der Waals surface area contributed by atoms with Gasteiger partial charge in [0.05, 0.1) is 24.4 Å². The summed E-state index contributed by atoms with van der Waals surface area (Å²) in [5.74, 6) is 1.33. The van der Waals surface area contributed by atoms with E-state index in [2.05, 4.69) is 10.1 Å². The van der Waals surface area contributed by atoms with Gasteiger partial charge in [-0.2, -0.15) is 4.98 Å². The zero-order chi connectivity index (χ0) is 14.9. The van der Waals surface area contributed by atoms with Crippen molar-refractivity contribution in [3.8, 4) is 0 Å². The first kappa shape index (κ1) is 14.5. The van der Waals surface area contributed by atoms with Crippen LogP contribution in [0.1, 0.15) is 18.6 Å². The highest BCUT2D eigenvalue weighted by molar-refractivity contribution is 7.98. The van der Waals surface area contributed by atoms with Crippen LogP contribution in [0.15, 0.2) is 33.7 Å². The minimum Gasteiger partial charge on any atom is -0.379 e. The van der Waals surface area contributed by atoms with Crippen LogP contribution in [0.2, 0.25) is 0 Å². The number of nitrogens with two attached hydrogens (primary N) is 1. The van der Waals surface area contributed by atoms with E-state index in [1.165, 1.54) is 23.9 Å². The van der Waals surface area contributed by atoms with E-state index in [4.69, 9.17) is 15.0 Å². The highest BCUT2D eigenvalue weighted by Crippen LogP contribution is 2.31. The number of thioether (sulfide) groups is 1. The first-order chi connectivity index (χ1) is 10.1. The predicted molar refractivity (Wildman–Crippen MR) is 76.4 cm³/mol. The highest BCUT2D eigenvalue weighted by atomic mass is 32.2. The molecule has 2 atom stereocenters. The Morgan fingerprint density at radius 3 is 3.10 bits per heavy atom. The minimum atomic E-state index is -0.436. The lowest BCUT2D eigenvalue weighted by molar-refractivity contribution is 0.169. The smallest absolute Gasteiger partial charge is 0.236 e.